The Labute approximate surface area is 147 Å². The summed E-state index contributed by atoms with van der Waals surface area (Å²) in [6.45, 7) is 3.11. The van der Waals surface area contributed by atoms with E-state index in [4.69, 9.17) is 11.6 Å². The Hall–Kier alpha value is -2.00. The average molecular weight is 341 g/mol. The van der Waals surface area contributed by atoms with Crippen LogP contribution in [0.25, 0.3) is 0 Å². The van der Waals surface area contributed by atoms with E-state index < -0.39 is 0 Å². The first-order valence-corrected chi connectivity index (χ1v) is 9.01. The molecule has 0 N–H and O–H groups in total. The van der Waals surface area contributed by atoms with Gasteiger partial charge in [0.15, 0.2) is 0 Å². The summed E-state index contributed by atoms with van der Waals surface area (Å²) < 4.78 is 0. The number of para-hydroxylation sites is 1. The maximum atomic E-state index is 12.8. The van der Waals surface area contributed by atoms with Crippen molar-refractivity contribution in [3.63, 3.8) is 0 Å². The Morgan fingerprint density at radius 3 is 2.46 bits per heavy atom. The highest BCUT2D eigenvalue weighted by Crippen LogP contribution is 2.27. The Morgan fingerprint density at radius 1 is 0.917 bits per heavy atom. The summed E-state index contributed by atoms with van der Waals surface area (Å²) in [5.74, 6) is 0.156. The van der Waals surface area contributed by atoms with Gasteiger partial charge in [-0.3, -0.25) is 4.79 Å². The molecule has 2 aromatic rings. The first-order chi connectivity index (χ1) is 11.7. The van der Waals surface area contributed by atoms with Gasteiger partial charge >= 0.3 is 0 Å². The van der Waals surface area contributed by atoms with Crippen molar-refractivity contribution < 1.29 is 4.79 Å². The SMILES string of the molecule is O=C(c1ccc2c(c1)CCC2)N1CCN(c2ccccc2Cl)CC1. The molecule has 0 aromatic heterocycles. The number of nitrogens with zero attached hydrogens (tertiary/aromatic N) is 2. The number of carbonyl (C=O) groups is 1. The molecule has 1 saturated heterocycles. The molecule has 1 aliphatic heterocycles. The van der Waals surface area contributed by atoms with Gasteiger partial charge in [-0.15, -0.1) is 0 Å². The average Bonchev–Trinajstić information content (AvgIpc) is 3.09. The molecular weight excluding hydrogens is 320 g/mol. The Bertz CT molecular complexity index is 766. The molecule has 0 unspecified atom stereocenters. The number of benzene rings is 2. The molecule has 4 rings (SSSR count). The van der Waals surface area contributed by atoms with Gasteiger partial charge in [-0.25, -0.2) is 0 Å². The second-order valence-corrected chi connectivity index (χ2v) is 6.97. The van der Waals surface area contributed by atoms with Crippen molar-refractivity contribution >= 4 is 23.2 Å². The molecule has 1 heterocycles. The van der Waals surface area contributed by atoms with E-state index in [0.717, 1.165) is 55.3 Å². The molecular formula is C20H21ClN2O. The lowest BCUT2D eigenvalue weighted by atomic mass is 10.1. The number of hydrogen-bond donors (Lipinski definition) is 0. The van der Waals surface area contributed by atoms with Gasteiger partial charge in [-0.2, -0.15) is 0 Å². The minimum absolute atomic E-state index is 0.156. The highest BCUT2D eigenvalue weighted by molar-refractivity contribution is 6.33. The number of hydrogen-bond acceptors (Lipinski definition) is 2. The zero-order valence-electron chi connectivity index (χ0n) is 13.7. The monoisotopic (exact) mass is 340 g/mol. The first-order valence-electron chi connectivity index (χ1n) is 8.63. The van der Waals surface area contributed by atoms with Crippen LogP contribution in [0, 0.1) is 0 Å². The topological polar surface area (TPSA) is 23.6 Å². The summed E-state index contributed by atoms with van der Waals surface area (Å²) in [5, 5.41) is 0.774. The van der Waals surface area contributed by atoms with Gasteiger partial charge in [0.1, 0.15) is 0 Å². The second kappa shape index (κ2) is 6.48. The van der Waals surface area contributed by atoms with Crippen LogP contribution in [0.3, 0.4) is 0 Å². The Balaban J connectivity index is 1.44. The number of anilines is 1. The standard InChI is InChI=1S/C20H21ClN2O/c21-18-6-1-2-7-19(18)22-10-12-23(13-11-22)20(24)17-9-8-15-4-3-5-16(15)14-17/h1-2,6-9,14H,3-5,10-13H2. The molecule has 124 valence electrons. The summed E-state index contributed by atoms with van der Waals surface area (Å²) in [4.78, 5) is 17.0. The molecule has 0 atom stereocenters. The molecule has 0 spiro atoms. The van der Waals surface area contributed by atoms with Crippen LogP contribution in [0.15, 0.2) is 42.5 Å². The number of halogens is 1. The fourth-order valence-corrected chi connectivity index (χ4v) is 4.00. The van der Waals surface area contributed by atoms with Crippen molar-refractivity contribution in [2.24, 2.45) is 0 Å². The molecule has 2 aliphatic rings. The molecule has 2 aromatic carbocycles. The van der Waals surface area contributed by atoms with Gasteiger partial charge in [0.25, 0.3) is 5.91 Å². The summed E-state index contributed by atoms with van der Waals surface area (Å²) in [5.41, 5.74) is 4.66. The summed E-state index contributed by atoms with van der Waals surface area (Å²) in [6, 6.07) is 14.1. The van der Waals surface area contributed by atoms with Crippen LogP contribution >= 0.6 is 11.6 Å². The number of aryl methyl sites for hydroxylation is 2. The van der Waals surface area contributed by atoms with E-state index in [9.17, 15) is 4.79 Å². The van der Waals surface area contributed by atoms with Crippen molar-refractivity contribution in [1.29, 1.82) is 0 Å². The van der Waals surface area contributed by atoms with Crippen molar-refractivity contribution in [2.45, 2.75) is 19.3 Å². The Kier molecular flexibility index (Phi) is 4.19. The lowest BCUT2D eigenvalue weighted by molar-refractivity contribution is 0.0746. The molecule has 0 saturated carbocycles. The van der Waals surface area contributed by atoms with E-state index in [-0.39, 0.29) is 5.91 Å². The minimum Gasteiger partial charge on any atom is -0.367 e. The van der Waals surface area contributed by atoms with Crippen LogP contribution in [0.1, 0.15) is 27.9 Å². The maximum Gasteiger partial charge on any atom is 0.253 e. The highest BCUT2D eigenvalue weighted by atomic mass is 35.5. The molecule has 1 fully saturated rings. The van der Waals surface area contributed by atoms with E-state index in [1.807, 2.05) is 35.2 Å². The summed E-state index contributed by atoms with van der Waals surface area (Å²) >= 11 is 6.28. The lowest BCUT2D eigenvalue weighted by Crippen LogP contribution is -2.48. The van der Waals surface area contributed by atoms with Gasteiger partial charge in [-0.1, -0.05) is 29.8 Å². The fraction of sp³-hybridized carbons (Fsp3) is 0.350. The van der Waals surface area contributed by atoms with Crippen molar-refractivity contribution in [2.75, 3.05) is 31.1 Å². The molecule has 4 heteroatoms. The maximum absolute atomic E-state index is 12.8. The normalized spacial score (nSPS) is 17.0. The minimum atomic E-state index is 0.156. The quantitative estimate of drug-likeness (QED) is 0.830. The van der Waals surface area contributed by atoms with Gasteiger partial charge in [0.05, 0.1) is 10.7 Å². The van der Waals surface area contributed by atoms with E-state index in [2.05, 4.69) is 17.0 Å². The molecule has 3 nitrogen and oxygen atoms in total. The zero-order valence-corrected chi connectivity index (χ0v) is 14.4. The number of fused-ring (bicyclic) bond motifs is 1. The molecule has 0 bridgehead atoms. The van der Waals surface area contributed by atoms with Crippen molar-refractivity contribution in [3.05, 3.63) is 64.2 Å². The lowest BCUT2D eigenvalue weighted by Gasteiger charge is -2.36. The predicted molar refractivity (Wildman–Crippen MR) is 98.0 cm³/mol. The first kappa shape index (κ1) is 15.5. The van der Waals surface area contributed by atoms with E-state index >= 15 is 0 Å². The van der Waals surface area contributed by atoms with E-state index in [1.54, 1.807) is 0 Å². The third kappa shape index (κ3) is 2.89. The number of amides is 1. The summed E-state index contributed by atoms with van der Waals surface area (Å²) in [7, 11) is 0. The van der Waals surface area contributed by atoms with E-state index in [0.29, 0.717) is 0 Å². The third-order valence-corrected chi connectivity index (χ3v) is 5.43. The van der Waals surface area contributed by atoms with Crippen LogP contribution < -0.4 is 4.90 Å². The largest absolute Gasteiger partial charge is 0.367 e. The highest BCUT2D eigenvalue weighted by Gasteiger charge is 2.24. The smallest absolute Gasteiger partial charge is 0.253 e. The molecule has 1 aliphatic carbocycles. The number of piperazine rings is 1. The third-order valence-electron chi connectivity index (χ3n) is 5.11. The molecule has 24 heavy (non-hydrogen) atoms. The Morgan fingerprint density at radius 2 is 1.67 bits per heavy atom. The van der Waals surface area contributed by atoms with Gasteiger partial charge in [0, 0.05) is 31.7 Å². The molecule has 0 radical (unpaired) electrons. The van der Waals surface area contributed by atoms with Gasteiger partial charge in [-0.05, 0) is 54.7 Å². The zero-order chi connectivity index (χ0) is 16.5. The van der Waals surface area contributed by atoms with Crippen molar-refractivity contribution in [3.8, 4) is 0 Å². The number of carbonyl (C=O) groups excluding carboxylic acids is 1. The summed E-state index contributed by atoms with van der Waals surface area (Å²) in [6.07, 6.45) is 3.47. The fourth-order valence-electron chi connectivity index (χ4n) is 3.75. The van der Waals surface area contributed by atoms with Gasteiger partial charge < -0.3 is 9.80 Å². The van der Waals surface area contributed by atoms with Crippen LogP contribution in [-0.2, 0) is 12.8 Å². The van der Waals surface area contributed by atoms with Crippen LogP contribution in [-0.4, -0.2) is 37.0 Å². The van der Waals surface area contributed by atoms with E-state index in [1.165, 1.54) is 17.5 Å². The van der Waals surface area contributed by atoms with Crippen LogP contribution in [0.5, 0.6) is 0 Å². The predicted octanol–water partition coefficient (Wildman–Crippen LogP) is 3.79. The van der Waals surface area contributed by atoms with Gasteiger partial charge in [0.2, 0.25) is 0 Å². The number of rotatable bonds is 2. The van der Waals surface area contributed by atoms with Crippen LogP contribution in [0.2, 0.25) is 5.02 Å². The van der Waals surface area contributed by atoms with Crippen molar-refractivity contribution in [1.82, 2.24) is 4.90 Å². The molecule has 1 amide bonds. The second-order valence-electron chi connectivity index (χ2n) is 6.57. The van der Waals surface area contributed by atoms with Crippen LogP contribution in [0.4, 0.5) is 5.69 Å².